The Morgan fingerprint density at radius 3 is 2.48 bits per heavy atom. The van der Waals surface area contributed by atoms with Crippen LogP contribution in [-0.2, 0) is 10.0 Å². The Morgan fingerprint density at radius 1 is 1.20 bits per heavy atom. The van der Waals surface area contributed by atoms with Gasteiger partial charge in [-0.15, -0.1) is 0 Å². The van der Waals surface area contributed by atoms with E-state index < -0.39 is 16.1 Å². The average molecular weight is 366 g/mol. The van der Waals surface area contributed by atoms with Crippen LogP contribution in [0.2, 0.25) is 0 Å². The third-order valence-corrected chi connectivity index (χ3v) is 4.29. The van der Waals surface area contributed by atoms with Crippen molar-refractivity contribution in [2.45, 2.75) is 18.7 Å². The number of benzene rings is 1. The minimum Gasteiger partial charge on any atom is -0.490 e. The minimum atomic E-state index is -4.19. The van der Waals surface area contributed by atoms with E-state index in [-0.39, 0.29) is 29.8 Å². The average Bonchev–Trinajstić information content (AvgIpc) is 2.51. The highest BCUT2D eigenvalue weighted by molar-refractivity contribution is 7.90. The highest BCUT2D eigenvalue weighted by Gasteiger charge is 2.22. The van der Waals surface area contributed by atoms with E-state index in [1.54, 1.807) is 26.0 Å². The van der Waals surface area contributed by atoms with Crippen LogP contribution >= 0.6 is 0 Å². The smallest absolute Gasteiger partial charge is 0.335 e. The zero-order valence-corrected chi connectivity index (χ0v) is 14.5. The van der Waals surface area contributed by atoms with Gasteiger partial charge < -0.3 is 9.84 Å². The molecule has 2 aromatic rings. The molecule has 9 nitrogen and oxygen atoms in total. The van der Waals surface area contributed by atoms with Crippen LogP contribution in [0.1, 0.15) is 11.4 Å². The van der Waals surface area contributed by atoms with Crippen LogP contribution in [0.25, 0.3) is 0 Å². The number of anilines is 1. The van der Waals surface area contributed by atoms with Gasteiger partial charge in [0.2, 0.25) is 5.95 Å². The van der Waals surface area contributed by atoms with Gasteiger partial charge in [-0.3, -0.25) is 5.32 Å². The number of aliphatic hydroxyl groups excluding tert-OH is 1. The number of carbonyl (C=O) groups is 1. The van der Waals surface area contributed by atoms with Crippen molar-refractivity contribution in [2.75, 3.05) is 18.5 Å². The van der Waals surface area contributed by atoms with Crippen LogP contribution < -0.4 is 14.8 Å². The first-order chi connectivity index (χ1) is 11.8. The first-order valence-corrected chi connectivity index (χ1v) is 8.79. The molecule has 0 saturated carbocycles. The first kappa shape index (κ1) is 18.6. The Labute approximate surface area is 145 Å². The Kier molecular flexibility index (Phi) is 5.88. The number of aliphatic hydroxyl groups is 1. The molecule has 0 fully saturated rings. The van der Waals surface area contributed by atoms with E-state index in [2.05, 4.69) is 15.3 Å². The van der Waals surface area contributed by atoms with Crippen LogP contribution in [0.5, 0.6) is 5.75 Å². The Bertz CT molecular complexity index is 850. The van der Waals surface area contributed by atoms with Crippen molar-refractivity contribution in [3.63, 3.8) is 0 Å². The van der Waals surface area contributed by atoms with E-state index in [0.29, 0.717) is 11.4 Å². The fraction of sp³-hybridized carbons (Fsp3) is 0.267. The lowest BCUT2D eigenvalue weighted by atomic mass is 10.3. The van der Waals surface area contributed by atoms with Gasteiger partial charge in [0, 0.05) is 11.4 Å². The largest absolute Gasteiger partial charge is 0.490 e. The fourth-order valence-corrected chi connectivity index (χ4v) is 3.09. The molecule has 0 bridgehead atoms. The lowest BCUT2D eigenvalue weighted by molar-refractivity contribution is 0.198. The van der Waals surface area contributed by atoms with Crippen molar-refractivity contribution in [3.05, 3.63) is 41.7 Å². The molecular formula is C15H18N4O5S. The summed E-state index contributed by atoms with van der Waals surface area (Å²) in [6, 6.07) is 6.50. The van der Waals surface area contributed by atoms with E-state index in [0.717, 1.165) is 0 Å². The van der Waals surface area contributed by atoms with Gasteiger partial charge in [0.25, 0.3) is 10.0 Å². The van der Waals surface area contributed by atoms with Gasteiger partial charge in [0.1, 0.15) is 17.3 Å². The highest BCUT2D eigenvalue weighted by atomic mass is 32.2. The molecule has 1 aromatic carbocycles. The van der Waals surface area contributed by atoms with Gasteiger partial charge in [-0.1, -0.05) is 12.1 Å². The van der Waals surface area contributed by atoms with Crippen LogP contribution in [0.4, 0.5) is 10.7 Å². The standard InChI is InChI=1S/C15H18N4O5S/c1-10-9-11(2)17-14(16-10)18-15(21)19-25(22,23)13-6-4-3-5-12(13)24-8-7-20/h3-6,9,20H,7-8H2,1-2H3,(H2,16,17,18,19,21). The number of amides is 2. The molecule has 0 aliphatic carbocycles. The quantitative estimate of drug-likeness (QED) is 0.694. The van der Waals surface area contributed by atoms with E-state index in [4.69, 9.17) is 9.84 Å². The van der Waals surface area contributed by atoms with Gasteiger partial charge in [0.15, 0.2) is 0 Å². The number of hydrogen-bond acceptors (Lipinski definition) is 7. The Balaban J connectivity index is 2.16. The molecule has 0 atom stereocenters. The van der Waals surface area contributed by atoms with Crippen molar-refractivity contribution < 1.29 is 23.1 Å². The number of ether oxygens (including phenoxy) is 1. The molecule has 0 spiro atoms. The molecule has 0 saturated heterocycles. The summed E-state index contributed by atoms with van der Waals surface area (Å²) in [5, 5.41) is 11.1. The van der Waals surface area contributed by atoms with E-state index >= 15 is 0 Å². The summed E-state index contributed by atoms with van der Waals surface area (Å²) in [5.41, 5.74) is 1.27. The number of nitrogens with one attached hydrogen (secondary N) is 2. The van der Waals surface area contributed by atoms with Gasteiger partial charge in [-0.2, -0.15) is 0 Å². The van der Waals surface area contributed by atoms with Crippen LogP contribution in [0.3, 0.4) is 0 Å². The number of para-hydroxylation sites is 1. The number of rotatable bonds is 6. The molecule has 10 heteroatoms. The lowest BCUT2D eigenvalue weighted by Crippen LogP contribution is -2.35. The molecule has 134 valence electrons. The zero-order chi connectivity index (χ0) is 18.4. The van der Waals surface area contributed by atoms with Gasteiger partial charge in [0.05, 0.1) is 6.61 Å². The van der Waals surface area contributed by atoms with Crippen molar-refractivity contribution in [2.24, 2.45) is 0 Å². The summed E-state index contributed by atoms with van der Waals surface area (Å²) in [4.78, 5) is 19.8. The van der Waals surface area contributed by atoms with Crippen molar-refractivity contribution in [1.29, 1.82) is 0 Å². The van der Waals surface area contributed by atoms with Crippen molar-refractivity contribution in [3.8, 4) is 5.75 Å². The maximum absolute atomic E-state index is 12.4. The molecule has 0 aliphatic heterocycles. The van der Waals surface area contributed by atoms with Crippen molar-refractivity contribution >= 4 is 22.0 Å². The molecule has 2 rings (SSSR count). The second-order valence-electron chi connectivity index (χ2n) is 5.05. The number of nitrogens with zero attached hydrogens (tertiary/aromatic N) is 2. The molecule has 2 amide bonds. The second kappa shape index (κ2) is 7.90. The summed E-state index contributed by atoms with van der Waals surface area (Å²) in [7, 11) is -4.19. The topological polar surface area (TPSA) is 131 Å². The molecule has 3 N–H and O–H groups in total. The summed E-state index contributed by atoms with van der Waals surface area (Å²) in [5.74, 6) is 0.0227. The second-order valence-corrected chi connectivity index (χ2v) is 6.70. The number of sulfonamides is 1. The van der Waals surface area contributed by atoms with E-state index in [1.165, 1.54) is 18.2 Å². The van der Waals surface area contributed by atoms with Crippen LogP contribution in [0.15, 0.2) is 35.2 Å². The summed E-state index contributed by atoms with van der Waals surface area (Å²) in [6.07, 6.45) is 0. The number of aryl methyl sites for hydroxylation is 2. The van der Waals surface area contributed by atoms with Gasteiger partial charge in [-0.05, 0) is 32.0 Å². The summed E-state index contributed by atoms with van der Waals surface area (Å²) >= 11 is 0. The predicted molar refractivity (Wildman–Crippen MR) is 89.9 cm³/mol. The monoisotopic (exact) mass is 366 g/mol. The highest BCUT2D eigenvalue weighted by Crippen LogP contribution is 2.23. The van der Waals surface area contributed by atoms with Crippen molar-refractivity contribution in [1.82, 2.24) is 14.7 Å². The number of carbonyl (C=O) groups excluding carboxylic acids is 1. The third-order valence-electron chi connectivity index (χ3n) is 2.92. The minimum absolute atomic E-state index is 0.00462. The van der Waals surface area contributed by atoms with Gasteiger partial charge >= 0.3 is 6.03 Å². The summed E-state index contributed by atoms with van der Waals surface area (Å²) in [6.45, 7) is 3.11. The lowest BCUT2D eigenvalue weighted by Gasteiger charge is -2.12. The predicted octanol–water partition coefficient (Wildman–Crippen LogP) is 0.975. The Hall–Kier alpha value is -2.72. The fourth-order valence-electron chi connectivity index (χ4n) is 2.03. The zero-order valence-electron chi connectivity index (χ0n) is 13.7. The SMILES string of the molecule is Cc1cc(C)nc(NC(=O)NS(=O)(=O)c2ccccc2OCCO)n1. The first-order valence-electron chi connectivity index (χ1n) is 7.30. The summed E-state index contributed by atoms with van der Waals surface area (Å²) < 4.78 is 31.8. The van der Waals surface area contributed by atoms with E-state index in [1.807, 2.05) is 4.72 Å². The number of hydrogen-bond donors (Lipinski definition) is 3. The normalized spacial score (nSPS) is 11.0. The van der Waals surface area contributed by atoms with E-state index in [9.17, 15) is 13.2 Å². The molecule has 0 aliphatic rings. The molecule has 0 radical (unpaired) electrons. The molecule has 1 aromatic heterocycles. The molecule has 1 heterocycles. The molecular weight excluding hydrogens is 348 g/mol. The Morgan fingerprint density at radius 2 is 1.84 bits per heavy atom. The molecule has 0 unspecified atom stereocenters. The molecule has 25 heavy (non-hydrogen) atoms. The maximum atomic E-state index is 12.4. The third kappa shape index (κ3) is 5.13. The maximum Gasteiger partial charge on any atom is 0.335 e. The number of aromatic nitrogens is 2. The van der Waals surface area contributed by atoms with Gasteiger partial charge in [-0.25, -0.2) is 27.9 Å². The van der Waals surface area contributed by atoms with Crippen LogP contribution in [-0.4, -0.2) is 42.7 Å². The van der Waals surface area contributed by atoms with Crippen LogP contribution in [0, 0.1) is 13.8 Å². The number of urea groups is 1.